The zero-order chi connectivity index (χ0) is 14.4. The summed E-state index contributed by atoms with van der Waals surface area (Å²) in [5, 5.41) is 8.15. The molecule has 1 aliphatic rings. The molecule has 2 atom stereocenters. The van der Waals surface area contributed by atoms with Gasteiger partial charge in [0.05, 0.1) is 25.5 Å². The highest BCUT2D eigenvalue weighted by Gasteiger charge is 2.25. The Kier molecular flexibility index (Phi) is 5.55. The lowest BCUT2D eigenvalue weighted by molar-refractivity contribution is -0.141. The summed E-state index contributed by atoms with van der Waals surface area (Å²) < 4.78 is 4.71. The molecule has 2 rings (SSSR count). The molecule has 1 aliphatic heterocycles. The summed E-state index contributed by atoms with van der Waals surface area (Å²) >= 11 is 1.53. The topological polar surface area (TPSA) is 67.4 Å². The number of thiophene rings is 1. The Bertz CT molecular complexity index is 441. The van der Waals surface area contributed by atoms with Crippen molar-refractivity contribution in [1.82, 2.24) is 10.6 Å². The Morgan fingerprint density at radius 2 is 2.45 bits per heavy atom. The van der Waals surface area contributed by atoms with Gasteiger partial charge in [-0.2, -0.15) is 0 Å². The zero-order valence-corrected chi connectivity index (χ0v) is 12.4. The fourth-order valence-corrected chi connectivity index (χ4v) is 3.11. The molecule has 0 aromatic carbocycles. The first-order valence-electron chi connectivity index (χ1n) is 6.82. The van der Waals surface area contributed by atoms with Gasteiger partial charge in [0.2, 0.25) is 5.91 Å². The van der Waals surface area contributed by atoms with E-state index in [2.05, 4.69) is 10.6 Å². The lowest BCUT2D eigenvalue weighted by atomic mass is 9.98. The standard InChI is InChI=1S/C14H20N2O3S/c1-19-13(17)8-11(12-5-3-7-20-12)16-14(18)10-4-2-6-15-9-10/h3,5,7,10-11,15H,2,4,6,8-9H2,1H3,(H,16,18)/t10-,11+/m1/s1. The van der Waals surface area contributed by atoms with E-state index in [9.17, 15) is 9.59 Å². The lowest BCUT2D eigenvalue weighted by Gasteiger charge is -2.24. The fraction of sp³-hybridized carbons (Fsp3) is 0.571. The second-order valence-electron chi connectivity index (χ2n) is 4.90. The van der Waals surface area contributed by atoms with Crippen molar-refractivity contribution in [3.8, 4) is 0 Å². The molecule has 5 nitrogen and oxygen atoms in total. The zero-order valence-electron chi connectivity index (χ0n) is 11.6. The highest BCUT2D eigenvalue weighted by molar-refractivity contribution is 7.10. The average molecular weight is 296 g/mol. The van der Waals surface area contributed by atoms with Crippen LogP contribution in [0, 0.1) is 5.92 Å². The van der Waals surface area contributed by atoms with Gasteiger partial charge in [0.25, 0.3) is 0 Å². The molecule has 0 spiro atoms. The lowest BCUT2D eigenvalue weighted by Crippen LogP contribution is -2.42. The highest BCUT2D eigenvalue weighted by Crippen LogP contribution is 2.23. The number of rotatable bonds is 5. The van der Waals surface area contributed by atoms with E-state index >= 15 is 0 Å². The van der Waals surface area contributed by atoms with Crippen LogP contribution in [0.5, 0.6) is 0 Å². The van der Waals surface area contributed by atoms with E-state index in [1.165, 1.54) is 18.4 Å². The number of carbonyl (C=O) groups is 2. The molecule has 1 fully saturated rings. The van der Waals surface area contributed by atoms with Gasteiger partial charge in [-0.3, -0.25) is 9.59 Å². The maximum absolute atomic E-state index is 12.3. The smallest absolute Gasteiger partial charge is 0.307 e. The molecule has 110 valence electrons. The number of carbonyl (C=O) groups excluding carboxylic acids is 2. The van der Waals surface area contributed by atoms with Crippen molar-refractivity contribution in [2.24, 2.45) is 5.92 Å². The monoisotopic (exact) mass is 296 g/mol. The van der Waals surface area contributed by atoms with E-state index in [-0.39, 0.29) is 30.3 Å². The van der Waals surface area contributed by atoms with Crippen molar-refractivity contribution in [1.29, 1.82) is 0 Å². The van der Waals surface area contributed by atoms with E-state index in [0.29, 0.717) is 6.54 Å². The second-order valence-corrected chi connectivity index (χ2v) is 5.88. The highest BCUT2D eigenvalue weighted by atomic mass is 32.1. The van der Waals surface area contributed by atoms with E-state index in [0.717, 1.165) is 24.3 Å². The molecule has 1 aromatic rings. The third kappa shape index (κ3) is 4.05. The van der Waals surface area contributed by atoms with Gasteiger partial charge >= 0.3 is 5.97 Å². The molecular formula is C14H20N2O3S. The Morgan fingerprint density at radius 1 is 1.60 bits per heavy atom. The van der Waals surface area contributed by atoms with Gasteiger partial charge in [-0.1, -0.05) is 6.07 Å². The van der Waals surface area contributed by atoms with Crippen LogP contribution in [-0.2, 0) is 14.3 Å². The van der Waals surface area contributed by atoms with Crippen molar-refractivity contribution in [3.63, 3.8) is 0 Å². The molecule has 0 aliphatic carbocycles. The third-order valence-electron chi connectivity index (χ3n) is 3.47. The summed E-state index contributed by atoms with van der Waals surface area (Å²) in [6, 6.07) is 3.55. The van der Waals surface area contributed by atoms with Crippen LogP contribution in [0.3, 0.4) is 0 Å². The van der Waals surface area contributed by atoms with Crippen LogP contribution in [0.25, 0.3) is 0 Å². The Balaban J connectivity index is 1.99. The molecule has 1 saturated heterocycles. The van der Waals surface area contributed by atoms with Crippen LogP contribution in [0.1, 0.15) is 30.2 Å². The van der Waals surface area contributed by atoms with Crippen molar-refractivity contribution in [2.45, 2.75) is 25.3 Å². The molecule has 1 amide bonds. The van der Waals surface area contributed by atoms with Crippen LogP contribution < -0.4 is 10.6 Å². The molecule has 2 N–H and O–H groups in total. The van der Waals surface area contributed by atoms with Gasteiger partial charge in [-0.15, -0.1) is 11.3 Å². The predicted octanol–water partition coefficient (Wildman–Crippen LogP) is 1.47. The van der Waals surface area contributed by atoms with Crippen molar-refractivity contribution >= 4 is 23.2 Å². The molecular weight excluding hydrogens is 276 g/mol. The molecule has 0 bridgehead atoms. The minimum atomic E-state index is -0.314. The number of hydrogen-bond acceptors (Lipinski definition) is 5. The van der Waals surface area contributed by atoms with Crippen molar-refractivity contribution < 1.29 is 14.3 Å². The largest absolute Gasteiger partial charge is 0.469 e. The van der Waals surface area contributed by atoms with Gasteiger partial charge in [0.15, 0.2) is 0 Å². The van der Waals surface area contributed by atoms with Crippen molar-refractivity contribution in [3.05, 3.63) is 22.4 Å². The van der Waals surface area contributed by atoms with E-state index < -0.39 is 0 Å². The molecule has 0 saturated carbocycles. The molecule has 2 heterocycles. The normalized spacial score (nSPS) is 20.1. The predicted molar refractivity (Wildman–Crippen MR) is 77.4 cm³/mol. The van der Waals surface area contributed by atoms with Gasteiger partial charge in [0.1, 0.15) is 0 Å². The van der Waals surface area contributed by atoms with E-state index in [4.69, 9.17) is 4.74 Å². The van der Waals surface area contributed by atoms with E-state index in [1.54, 1.807) is 0 Å². The summed E-state index contributed by atoms with van der Waals surface area (Å²) in [5.41, 5.74) is 0. The maximum atomic E-state index is 12.3. The number of ether oxygens (including phenoxy) is 1. The van der Waals surface area contributed by atoms with Crippen LogP contribution in [0.15, 0.2) is 17.5 Å². The summed E-state index contributed by atoms with van der Waals surface area (Å²) in [6.45, 7) is 1.68. The van der Waals surface area contributed by atoms with Crippen LogP contribution in [0.4, 0.5) is 0 Å². The number of piperidine rings is 1. The quantitative estimate of drug-likeness (QED) is 0.808. The maximum Gasteiger partial charge on any atom is 0.307 e. The first-order chi connectivity index (χ1) is 9.70. The first-order valence-corrected chi connectivity index (χ1v) is 7.70. The molecule has 0 radical (unpaired) electrons. The van der Waals surface area contributed by atoms with Crippen LogP contribution >= 0.6 is 11.3 Å². The van der Waals surface area contributed by atoms with Gasteiger partial charge in [-0.05, 0) is 30.8 Å². The third-order valence-corrected chi connectivity index (χ3v) is 4.46. The summed E-state index contributed by atoms with van der Waals surface area (Å²) in [4.78, 5) is 24.7. The Morgan fingerprint density at radius 3 is 3.05 bits per heavy atom. The van der Waals surface area contributed by atoms with Crippen molar-refractivity contribution in [2.75, 3.05) is 20.2 Å². The Hall–Kier alpha value is -1.40. The number of amides is 1. The number of esters is 1. The molecule has 1 aromatic heterocycles. The van der Waals surface area contributed by atoms with E-state index in [1.807, 2.05) is 17.5 Å². The Labute approximate surface area is 122 Å². The van der Waals surface area contributed by atoms with Gasteiger partial charge in [0, 0.05) is 11.4 Å². The molecule has 0 unspecified atom stereocenters. The minimum absolute atomic E-state index is 0.0103. The fourth-order valence-electron chi connectivity index (χ4n) is 2.33. The van der Waals surface area contributed by atoms with Gasteiger partial charge < -0.3 is 15.4 Å². The number of nitrogens with one attached hydrogen (secondary N) is 2. The number of hydrogen-bond donors (Lipinski definition) is 2. The minimum Gasteiger partial charge on any atom is -0.469 e. The summed E-state index contributed by atoms with van der Waals surface area (Å²) in [7, 11) is 1.36. The summed E-state index contributed by atoms with van der Waals surface area (Å²) in [5.74, 6) is -0.311. The second kappa shape index (κ2) is 7.40. The first kappa shape index (κ1) is 15.0. The van der Waals surface area contributed by atoms with Crippen LogP contribution in [-0.4, -0.2) is 32.1 Å². The molecule has 6 heteroatoms. The summed E-state index contributed by atoms with van der Waals surface area (Å²) in [6.07, 6.45) is 2.08. The van der Waals surface area contributed by atoms with Crippen LogP contribution in [0.2, 0.25) is 0 Å². The number of methoxy groups -OCH3 is 1. The van der Waals surface area contributed by atoms with Gasteiger partial charge in [-0.25, -0.2) is 0 Å². The molecule has 20 heavy (non-hydrogen) atoms. The SMILES string of the molecule is COC(=O)C[C@H](NC(=O)[C@@H]1CCCNC1)c1cccs1. The average Bonchev–Trinajstić information content (AvgIpc) is 3.01.